The number of nitrogens with two attached hydrogens (primary N) is 1. The zero-order chi connectivity index (χ0) is 11.4. The van der Waals surface area contributed by atoms with Gasteiger partial charge in [0.1, 0.15) is 5.82 Å². The van der Waals surface area contributed by atoms with Crippen LogP contribution in [0.1, 0.15) is 19.4 Å². The molecule has 0 aliphatic rings. The summed E-state index contributed by atoms with van der Waals surface area (Å²) in [5.41, 5.74) is 7.65. The summed E-state index contributed by atoms with van der Waals surface area (Å²) in [6.45, 7) is 5.96. The molecule has 0 saturated heterocycles. The monoisotopic (exact) mass is 266 g/mol. The van der Waals surface area contributed by atoms with Crippen LogP contribution in [0.2, 0.25) is 0 Å². The van der Waals surface area contributed by atoms with Gasteiger partial charge in [-0.15, -0.1) is 0 Å². The predicted molar refractivity (Wildman–Crippen MR) is 69.9 cm³/mol. The van der Waals surface area contributed by atoms with Crippen molar-refractivity contribution >= 4 is 32.7 Å². The summed E-state index contributed by atoms with van der Waals surface area (Å²) in [5, 5.41) is 1.11. The molecular weight excluding hydrogens is 252 g/mol. The second-order valence-corrected chi connectivity index (χ2v) is 3.85. The Morgan fingerprint density at radius 2 is 1.93 bits per heavy atom. The van der Waals surface area contributed by atoms with Crippen molar-refractivity contribution in [3.63, 3.8) is 0 Å². The molecule has 0 unspecified atom stereocenters. The van der Waals surface area contributed by atoms with E-state index in [0.29, 0.717) is 5.82 Å². The first kappa shape index (κ1) is 12.0. The van der Waals surface area contributed by atoms with Gasteiger partial charge in [0.05, 0.1) is 5.52 Å². The van der Waals surface area contributed by atoms with Crippen LogP contribution in [0.5, 0.6) is 0 Å². The first-order chi connectivity index (χ1) is 7.18. The van der Waals surface area contributed by atoms with Crippen LogP contribution in [0.4, 0.5) is 5.82 Å². The van der Waals surface area contributed by atoms with Crippen LogP contribution >= 0.6 is 15.9 Å². The van der Waals surface area contributed by atoms with Crippen LogP contribution < -0.4 is 5.73 Å². The largest absolute Gasteiger partial charge is 0.383 e. The molecule has 15 heavy (non-hydrogen) atoms. The Morgan fingerprint density at radius 3 is 2.60 bits per heavy atom. The fourth-order valence-corrected chi connectivity index (χ4v) is 1.74. The third kappa shape index (κ3) is 2.48. The number of hydrogen-bond acceptors (Lipinski definition) is 2. The minimum atomic E-state index is 0.602. The Bertz CT molecular complexity index is 466. The van der Waals surface area contributed by atoms with E-state index in [-0.39, 0.29) is 0 Å². The SMILES string of the molecule is CC.Cc1cc2c(Br)cccc2nc1N. The maximum atomic E-state index is 5.71. The maximum Gasteiger partial charge on any atom is 0.127 e. The lowest BCUT2D eigenvalue weighted by Gasteiger charge is -2.03. The highest BCUT2D eigenvalue weighted by atomic mass is 79.9. The standard InChI is InChI=1S/C10H9BrN2.C2H6/c1-6-5-7-8(11)3-2-4-9(7)13-10(6)12;1-2/h2-5H,1H3,(H2,12,13);1-2H3. The van der Waals surface area contributed by atoms with E-state index in [0.717, 1.165) is 20.9 Å². The van der Waals surface area contributed by atoms with Crippen molar-refractivity contribution in [2.45, 2.75) is 20.8 Å². The van der Waals surface area contributed by atoms with Gasteiger partial charge in [-0.05, 0) is 30.7 Å². The number of nitrogen functional groups attached to an aromatic ring is 1. The molecule has 0 radical (unpaired) electrons. The zero-order valence-electron chi connectivity index (χ0n) is 9.21. The third-order valence-electron chi connectivity index (χ3n) is 2.04. The molecule has 0 fully saturated rings. The van der Waals surface area contributed by atoms with Gasteiger partial charge in [0.2, 0.25) is 0 Å². The normalized spacial score (nSPS) is 9.60. The van der Waals surface area contributed by atoms with Gasteiger partial charge in [-0.2, -0.15) is 0 Å². The molecule has 2 nitrogen and oxygen atoms in total. The fraction of sp³-hybridized carbons (Fsp3) is 0.250. The molecule has 0 atom stereocenters. The number of aryl methyl sites for hydroxylation is 1. The van der Waals surface area contributed by atoms with Gasteiger partial charge < -0.3 is 5.73 Å². The number of fused-ring (bicyclic) bond motifs is 1. The molecule has 2 rings (SSSR count). The van der Waals surface area contributed by atoms with E-state index in [1.54, 1.807) is 0 Å². The van der Waals surface area contributed by atoms with E-state index in [4.69, 9.17) is 5.73 Å². The van der Waals surface area contributed by atoms with E-state index < -0.39 is 0 Å². The van der Waals surface area contributed by atoms with E-state index >= 15 is 0 Å². The molecule has 2 aromatic rings. The molecule has 0 spiro atoms. The van der Waals surface area contributed by atoms with Gasteiger partial charge in [0.25, 0.3) is 0 Å². The number of pyridine rings is 1. The molecule has 0 bridgehead atoms. The number of aromatic nitrogens is 1. The lowest BCUT2D eigenvalue weighted by molar-refractivity contribution is 1.34. The highest BCUT2D eigenvalue weighted by molar-refractivity contribution is 9.10. The van der Waals surface area contributed by atoms with Gasteiger partial charge in [-0.3, -0.25) is 0 Å². The second kappa shape index (κ2) is 5.12. The molecular formula is C12H15BrN2. The van der Waals surface area contributed by atoms with Crippen molar-refractivity contribution in [1.29, 1.82) is 0 Å². The topological polar surface area (TPSA) is 38.9 Å². The molecule has 0 aliphatic heterocycles. The van der Waals surface area contributed by atoms with E-state index in [9.17, 15) is 0 Å². The van der Waals surface area contributed by atoms with E-state index in [2.05, 4.69) is 20.9 Å². The molecule has 1 aromatic carbocycles. The molecule has 80 valence electrons. The van der Waals surface area contributed by atoms with Crippen LogP contribution in [0.3, 0.4) is 0 Å². The van der Waals surface area contributed by atoms with Gasteiger partial charge in [0.15, 0.2) is 0 Å². The van der Waals surface area contributed by atoms with Crippen molar-refractivity contribution in [3.05, 3.63) is 34.3 Å². The number of hydrogen-bond donors (Lipinski definition) is 1. The van der Waals surface area contributed by atoms with Crippen molar-refractivity contribution in [2.24, 2.45) is 0 Å². The van der Waals surface area contributed by atoms with Gasteiger partial charge in [0, 0.05) is 9.86 Å². The number of nitrogens with zero attached hydrogens (tertiary/aromatic N) is 1. The lowest BCUT2D eigenvalue weighted by Crippen LogP contribution is -1.94. The number of rotatable bonds is 0. The molecule has 3 heteroatoms. The van der Waals surface area contributed by atoms with Gasteiger partial charge >= 0.3 is 0 Å². The summed E-state index contributed by atoms with van der Waals surface area (Å²) in [6.07, 6.45) is 0. The van der Waals surface area contributed by atoms with E-state index in [1.807, 2.05) is 45.0 Å². The van der Waals surface area contributed by atoms with Crippen LogP contribution in [-0.2, 0) is 0 Å². The first-order valence-corrected chi connectivity index (χ1v) is 5.79. The summed E-state index contributed by atoms with van der Waals surface area (Å²) in [6, 6.07) is 7.95. The molecule has 0 amide bonds. The number of benzene rings is 1. The average molecular weight is 267 g/mol. The Balaban J connectivity index is 0.000000531. The number of anilines is 1. The van der Waals surface area contributed by atoms with Gasteiger partial charge in [-0.25, -0.2) is 4.98 Å². The summed E-state index contributed by atoms with van der Waals surface area (Å²) >= 11 is 3.47. The van der Waals surface area contributed by atoms with Crippen LogP contribution in [0.15, 0.2) is 28.7 Å². The van der Waals surface area contributed by atoms with Crippen LogP contribution in [-0.4, -0.2) is 4.98 Å². The summed E-state index contributed by atoms with van der Waals surface area (Å²) < 4.78 is 1.06. The van der Waals surface area contributed by atoms with E-state index in [1.165, 1.54) is 0 Å². The number of halogens is 1. The minimum Gasteiger partial charge on any atom is -0.383 e. The highest BCUT2D eigenvalue weighted by Gasteiger charge is 2.01. The molecule has 2 N–H and O–H groups in total. The third-order valence-corrected chi connectivity index (χ3v) is 2.73. The molecule has 0 saturated carbocycles. The Hall–Kier alpha value is -1.09. The molecule has 1 aromatic heterocycles. The second-order valence-electron chi connectivity index (χ2n) is 3.00. The fourth-order valence-electron chi connectivity index (χ4n) is 1.27. The smallest absolute Gasteiger partial charge is 0.127 e. The quantitative estimate of drug-likeness (QED) is 0.785. The lowest BCUT2D eigenvalue weighted by atomic mass is 10.1. The maximum absolute atomic E-state index is 5.71. The Morgan fingerprint density at radius 1 is 1.27 bits per heavy atom. The average Bonchev–Trinajstić information content (AvgIpc) is 2.24. The van der Waals surface area contributed by atoms with Crippen LogP contribution in [0, 0.1) is 6.92 Å². The minimum absolute atomic E-state index is 0.602. The Labute approximate surface area is 98.6 Å². The first-order valence-electron chi connectivity index (χ1n) is 5.00. The summed E-state index contributed by atoms with van der Waals surface area (Å²) in [4.78, 5) is 4.28. The summed E-state index contributed by atoms with van der Waals surface area (Å²) in [5.74, 6) is 0.602. The predicted octanol–water partition coefficient (Wildman–Crippen LogP) is 3.91. The van der Waals surface area contributed by atoms with Crippen molar-refractivity contribution in [1.82, 2.24) is 4.98 Å². The highest BCUT2D eigenvalue weighted by Crippen LogP contribution is 2.24. The van der Waals surface area contributed by atoms with Gasteiger partial charge in [-0.1, -0.05) is 35.8 Å². The van der Waals surface area contributed by atoms with Crippen molar-refractivity contribution < 1.29 is 0 Å². The van der Waals surface area contributed by atoms with Crippen LogP contribution in [0.25, 0.3) is 10.9 Å². The summed E-state index contributed by atoms with van der Waals surface area (Å²) in [7, 11) is 0. The Kier molecular flexibility index (Phi) is 4.09. The van der Waals surface area contributed by atoms with Crippen molar-refractivity contribution in [2.75, 3.05) is 5.73 Å². The molecule has 1 heterocycles. The zero-order valence-corrected chi connectivity index (χ0v) is 10.8. The van der Waals surface area contributed by atoms with Crippen molar-refractivity contribution in [3.8, 4) is 0 Å². The molecule has 0 aliphatic carbocycles.